The van der Waals surface area contributed by atoms with Crippen molar-refractivity contribution in [2.24, 2.45) is 0 Å². The second-order valence-corrected chi connectivity index (χ2v) is 5.77. The first kappa shape index (κ1) is 12.5. The number of anilines is 1. The molecule has 2 atom stereocenters. The van der Waals surface area contributed by atoms with Crippen LogP contribution in [-0.4, -0.2) is 47.7 Å². The van der Waals surface area contributed by atoms with Crippen molar-refractivity contribution in [1.82, 2.24) is 4.90 Å². The van der Waals surface area contributed by atoms with Gasteiger partial charge in [-0.05, 0) is 19.2 Å². The molecule has 0 radical (unpaired) electrons. The first-order chi connectivity index (χ1) is 8.16. The molecule has 17 heavy (non-hydrogen) atoms. The van der Waals surface area contributed by atoms with E-state index in [1.165, 1.54) is 0 Å². The molecule has 1 aromatic rings. The molecule has 0 spiro atoms. The van der Waals surface area contributed by atoms with Gasteiger partial charge in [-0.1, -0.05) is 12.1 Å². The lowest BCUT2D eigenvalue weighted by molar-refractivity contribution is -0.00640. The molecule has 94 valence electrons. The maximum absolute atomic E-state index is 12.2. The summed E-state index contributed by atoms with van der Waals surface area (Å²) in [5.74, 6) is 0.512. The molecule has 2 N–H and O–H groups in total. The van der Waals surface area contributed by atoms with Crippen molar-refractivity contribution in [2.45, 2.75) is 11.0 Å². The highest BCUT2D eigenvalue weighted by atomic mass is 32.2. The topological polar surface area (TPSA) is 55.6 Å². The first-order valence-electron chi connectivity index (χ1n) is 5.70. The quantitative estimate of drug-likeness (QED) is 0.807. The van der Waals surface area contributed by atoms with Crippen molar-refractivity contribution in [2.75, 3.05) is 38.2 Å². The number of para-hydroxylation sites is 1. The number of nitrogen functional groups attached to an aromatic ring is 1. The molecule has 1 aliphatic heterocycles. The molecule has 5 heteroatoms. The predicted octanol–water partition coefficient (Wildman–Crippen LogP) is 0.707. The Hall–Kier alpha value is -0.910. The molecular weight excluding hydrogens is 236 g/mol. The van der Waals surface area contributed by atoms with Crippen molar-refractivity contribution in [1.29, 1.82) is 0 Å². The van der Waals surface area contributed by atoms with Crippen LogP contribution in [0.3, 0.4) is 0 Å². The van der Waals surface area contributed by atoms with E-state index in [0.29, 0.717) is 22.9 Å². The fourth-order valence-electron chi connectivity index (χ4n) is 1.91. The fraction of sp³-hybridized carbons (Fsp3) is 0.500. The van der Waals surface area contributed by atoms with Gasteiger partial charge < -0.3 is 15.4 Å². The standard InChI is InChI=1S/C12H18N2O2S/c1-14-6-7-16-10(8-14)9-17(15)12-5-3-2-4-11(12)13/h2-5,10H,6-9,13H2,1H3. The number of nitrogens with zero attached hydrogens (tertiary/aromatic N) is 1. The van der Waals surface area contributed by atoms with Crippen LogP contribution in [0.1, 0.15) is 0 Å². The van der Waals surface area contributed by atoms with Crippen LogP contribution in [0.2, 0.25) is 0 Å². The van der Waals surface area contributed by atoms with Crippen molar-refractivity contribution < 1.29 is 8.95 Å². The Bertz CT molecular complexity index is 411. The number of likely N-dealkylation sites (N-methyl/N-ethyl adjacent to an activating group) is 1. The third kappa shape index (κ3) is 3.28. The van der Waals surface area contributed by atoms with Gasteiger partial charge in [-0.15, -0.1) is 0 Å². The zero-order valence-corrected chi connectivity index (χ0v) is 10.8. The minimum Gasteiger partial charge on any atom is -0.398 e. The van der Waals surface area contributed by atoms with Gasteiger partial charge in [0.15, 0.2) is 0 Å². The highest BCUT2D eigenvalue weighted by Crippen LogP contribution is 2.17. The molecule has 1 heterocycles. The molecule has 1 saturated heterocycles. The summed E-state index contributed by atoms with van der Waals surface area (Å²) in [4.78, 5) is 2.91. The van der Waals surface area contributed by atoms with Gasteiger partial charge in [-0.3, -0.25) is 4.21 Å². The Morgan fingerprint density at radius 1 is 1.53 bits per heavy atom. The number of hydrogen-bond donors (Lipinski definition) is 1. The molecule has 0 amide bonds. The second kappa shape index (κ2) is 5.62. The summed E-state index contributed by atoms with van der Waals surface area (Å²) in [7, 11) is 0.967. The smallest absolute Gasteiger partial charge is 0.0821 e. The number of hydrogen-bond acceptors (Lipinski definition) is 4. The highest BCUT2D eigenvalue weighted by molar-refractivity contribution is 7.85. The summed E-state index contributed by atoms with van der Waals surface area (Å²) in [6.45, 7) is 2.48. The van der Waals surface area contributed by atoms with Gasteiger partial charge in [0.25, 0.3) is 0 Å². The van der Waals surface area contributed by atoms with E-state index >= 15 is 0 Å². The Kier molecular flexibility index (Phi) is 4.15. The number of morpholine rings is 1. The number of nitrogens with two attached hydrogens (primary N) is 1. The highest BCUT2D eigenvalue weighted by Gasteiger charge is 2.21. The van der Waals surface area contributed by atoms with Crippen molar-refractivity contribution >= 4 is 16.5 Å². The summed E-state index contributed by atoms with van der Waals surface area (Å²) >= 11 is 0. The van der Waals surface area contributed by atoms with Crippen LogP contribution in [-0.2, 0) is 15.5 Å². The number of rotatable bonds is 3. The molecule has 1 aromatic carbocycles. The Morgan fingerprint density at radius 2 is 2.29 bits per heavy atom. The van der Waals surface area contributed by atoms with Gasteiger partial charge >= 0.3 is 0 Å². The van der Waals surface area contributed by atoms with Crippen molar-refractivity contribution in [3.63, 3.8) is 0 Å². The van der Waals surface area contributed by atoms with Crippen LogP contribution in [0.25, 0.3) is 0 Å². The lowest BCUT2D eigenvalue weighted by Gasteiger charge is -2.29. The Balaban J connectivity index is 1.99. The van der Waals surface area contributed by atoms with Crippen LogP contribution in [0, 0.1) is 0 Å². The van der Waals surface area contributed by atoms with Crippen LogP contribution in [0.15, 0.2) is 29.2 Å². The van der Waals surface area contributed by atoms with E-state index in [9.17, 15) is 4.21 Å². The third-order valence-electron chi connectivity index (χ3n) is 2.84. The molecule has 1 aliphatic rings. The van der Waals surface area contributed by atoms with Crippen molar-refractivity contribution in [3.8, 4) is 0 Å². The van der Waals surface area contributed by atoms with Crippen LogP contribution < -0.4 is 5.73 Å². The zero-order chi connectivity index (χ0) is 12.3. The lowest BCUT2D eigenvalue weighted by atomic mass is 10.3. The lowest BCUT2D eigenvalue weighted by Crippen LogP contribution is -2.42. The predicted molar refractivity (Wildman–Crippen MR) is 69.4 cm³/mol. The molecule has 2 unspecified atom stereocenters. The first-order valence-corrected chi connectivity index (χ1v) is 7.01. The normalized spacial score (nSPS) is 23.5. The summed E-state index contributed by atoms with van der Waals surface area (Å²) in [6, 6.07) is 7.30. The van der Waals surface area contributed by atoms with Gasteiger partial charge in [0.05, 0.1) is 34.2 Å². The van der Waals surface area contributed by atoms with E-state index in [1.54, 1.807) is 6.07 Å². The van der Waals surface area contributed by atoms with Gasteiger partial charge in [0, 0.05) is 18.8 Å². The maximum atomic E-state index is 12.2. The average molecular weight is 254 g/mol. The van der Waals surface area contributed by atoms with Crippen LogP contribution in [0.5, 0.6) is 0 Å². The van der Waals surface area contributed by atoms with E-state index in [-0.39, 0.29) is 6.10 Å². The number of benzene rings is 1. The van der Waals surface area contributed by atoms with Gasteiger partial charge in [0.2, 0.25) is 0 Å². The Labute approximate surface area is 104 Å². The monoisotopic (exact) mass is 254 g/mol. The van der Waals surface area contributed by atoms with Gasteiger partial charge in [-0.2, -0.15) is 0 Å². The average Bonchev–Trinajstić information content (AvgIpc) is 2.29. The second-order valence-electron chi connectivity index (χ2n) is 4.31. The van der Waals surface area contributed by atoms with Crippen molar-refractivity contribution in [3.05, 3.63) is 24.3 Å². The summed E-state index contributed by atoms with van der Waals surface area (Å²) < 4.78 is 17.8. The molecule has 0 saturated carbocycles. The Morgan fingerprint density at radius 3 is 3.00 bits per heavy atom. The minimum absolute atomic E-state index is 0.0363. The van der Waals surface area contributed by atoms with Gasteiger partial charge in [-0.25, -0.2) is 0 Å². The SMILES string of the molecule is CN1CCOC(CS(=O)c2ccccc2N)C1. The molecule has 2 rings (SSSR count). The van der Waals surface area contributed by atoms with E-state index < -0.39 is 10.8 Å². The number of ether oxygens (including phenoxy) is 1. The molecule has 0 bridgehead atoms. The minimum atomic E-state index is -1.08. The molecular formula is C12H18N2O2S. The zero-order valence-electron chi connectivity index (χ0n) is 9.96. The van der Waals surface area contributed by atoms with E-state index in [1.807, 2.05) is 18.2 Å². The summed E-state index contributed by atoms with van der Waals surface area (Å²) in [6.07, 6.45) is 0.0363. The molecule has 0 aromatic heterocycles. The van der Waals surface area contributed by atoms with Gasteiger partial charge in [0.1, 0.15) is 0 Å². The van der Waals surface area contributed by atoms with E-state index in [0.717, 1.165) is 13.1 Å². The van der Waals surface area contributed by atoms with Crippen LogP contribution >= 0.6 is 0 Å². The van der Waals surface area contributed by atoms with E-state index in [4.69, 9.17) is 10.5 Å². The summed E-state index contributed by atoms with van der Waals surface area (Å²) in [5.41, 5.74) is 6.40. The molecule has 1 fully saturated rings. The van der Waals surface area contributed by atoms with Crippen LogP contribution in [0.4, 0.5) is 5.69 Å². The largest absolute Gasteiger partial charge is 0.398 e. The molecule has 4 nitrogen and oxygen atoms in total. The fourth-order valence-corrected chi connectivity index (χ4v) is 3.19. The van der Waals surface area contributed by atoms with E-state index in [2.05, 4.69) is 11.9 Å². The third-order valence-corrected chi connectivity index (χ3v) is 4.38. The summed E-state index contributed by atoms with van der Waals surface area (Å²) in [5, 5.41) is 0. The molecule has 0 aliphatic carbocycles. The maximum Gasteiger partial charge on any atom is 0.0821 e.